The molecular weight excluding hydrogens is 422 g/mol. The van der Waals surface area contributed by atoms with Crippen molar-refractivity contribution in [3.8, 4) is 0 Å². The lowest BCUT2D eigenvalue weighted by atomic mass is 10.00. The molecule has 2 rings (SSSR count). The average molecular weight is 445 g/mol. The molecule has 0 aliphatic carbocycles. The molecule has 0 saturated carbocycles. The van der Waals surface area contributed by atoms with E-state index in [-0.39, 0.29) is 6.61 Å². The molecule has 1 fully saturated rings. The van der Waals surface area contributed by atoms with Gasteiger partial charge in [-0.2, -0.15) is 4.57 Å². The van der Waals surface area contributed by atoms with E-state index in [9.17, 15) is 14.4 Å². The van der Waals surface area contributed by atoms with Crippen molar-refractivity contribution < 1.29 is 37.9 Å². The molecule has 1 aromatic heterocycles. The normalized spacial score (nSPS) is 27.5. The number of esters is 3. The number of ether oxygens (including phenoxy) is 4. The lowest BCUT2D eigenvalue weighted by molar-refractivity contribution is -0.768. The maximum Gasteiger partial charge on any atom is 0.303 e. The Balaban J connectivity index is 2.37. The zero-order valence-electron chi connectivity index (χ0n) is 15.6. The predicted molar refractivity (Wildman–Crippen MR) is 95.7 cm³/mol. The highest BCUT2D eigenvalue weighted by Gasteiger charge is 2.53. The number of aryl methyl sites for hydroxylation is 1. The molecule has 0 N–H and O–H groups in total. The highest BCUT2D eigenvalue weighted by Crippen LogP contribution is 2.34. The summed E-state index contributed by atoms with van der Waals surface area (Å²) in [5.74, 6) is -1.58. The summed E-state index contributed by atoms with van der Waals surface area (Å²) in [6, 6.07) is 3.81. The summed E-state index contributed by atoms with van der Waals surface area (Å²) in [5.41, 5.74) is 1.07. The van der Waals surface area contributed by atoms with Crippen LogP contribution < -0.4 is 4.57 Å². The van der Waals surface area contributed by atoms with Gasteiger partial charge in [-0.3, -0.25) is 14.4 Å². The largest absolute Gasteiger partial charge is 0.463 e. The standard InChI is InChI=1S/C18H23BrNO7/c1-10-5-7-20(8-6-10)18-15(19)17(26-13(4)23)16(25-12(3)22)14(27-18)9-24-11(2)21/h5-8,14-18H,9H2,1-4H3/q+1/t14-,15-,16-,17-,18+/m1/s1. The summed E-state index contributed by atoms with van der Waals surface area (Å²) in [6.45, 7) is 5.60. The number of carbonyl (C=O) groups excluding carboxylic acids is 3. The molecule has 0 aromatic carbocycles. The van der Waals surface area contributed by atoms with Crippen LogP contribution in [0, 0.1) is 6.92 Å². The van der Waals surface area contributed by atoms with Crippen LogP contribution in [0.25, 0.3) is 0 Å². The Morgan fingerprint density at radius 1 is 1.04 bits per heavy atom. The van der Waals surface area contributed by atoms with E-state index < -0.39 is 47.3 Å². The van der Waals surface area contributed by atoms with Crippen LogP contribution >= 0.6 is 15.9 Å². The molecular formula is C18H23BrNO7+. The van der Waals surface area contributed by atoms with Gasteiger partial charge in [0.05, 0.1) is 0 Å². The van der Waals surface area contributed by atoms with Crippen molar-refractivity contribution in [2.75, 3.05) is 6.61 Å². The summed E-state index contributed by atoms with van der Waals surface area (Å²) < 4.78 is 23.7. The first-order chi connectivity index (χ1) is 12.7. The summed E-state index contributed by atoms with van der Waals surface area (Å²) in [7, 11) is 0. The number of alkyl halides is 1. The molecule has 0 radical (unpaired) electrons. The van der Waals surface area contributed by atoms with Crippen molar-refractivity contribution >= 4 is 33.8 Å². The maximum atomic E-state index is 11.6. The smallest absolute Gasteiger partial charge is 0.303 e. The zero-order valence-corrected chi connectivity index (χ0v) is 17.2. The third-order valence-electron chi connectivity index (χ3n) is 3.96. The lowest BCUT2D eigenvalue weighted by Crippen LogP contribution is -2.62. The summed E-state index contributed by atoms with van der Waals surface area (Å²) >= 11 is 3.52. The number of halogens is 1. The second-order valence-electron chi connectivity index (χ2n) is 6.28. The van der Waals surface area contributed by atoms with Gasteiger partial charge in [0, 0.05) is 32.9 Å². The number of pyridine rings is 1. The molecule has 148 valence electrons. The minimum absolute atomic E-state index is 0.145. The Morgan fingerprint density at radius 3 is 2.11 bits per heavy atom. The van der Waals surface area contributed by atoms with Gasteiger partial charge in [0.15, 0.2) is 24.6 Å². The first-order valence-electron chi connectivity index (χ1n) is 8.43. The molecule has 0 bridgehead atoms. The van der Waals surface area contributed by atoms with E-state index >= 15 is 0 Å². The maximum absolute atomic E-state index is 11.6. The Hall–Kier alpha value is -2.00. The molecule has 5 atom stereocenters. The predicted octanol–water partition coefficient (Wildman–Crippen LogP) is 1.37. The molecule has 27 heavy (non-hydrogen) atoms. The Bertz CT molecular complexity index is 693. The van der Waals surface area contributed by atoms with Crippen molar-refractivity contribution in [2.45, 2.75) is 57.1 Å². The van der Waals surface area contributed by atoms with Gasteiger partial charge in [-0.25, -0.2) is 0 Å². The molecule has 1 aliphatic rings. The van der Waals surface area contributed by atoms with Gasteiger partial charge in [0.2, 0.25) is 0 Å². The van der Waals surface area contributed by atoms with Crippen LogP contribution in [0.15, 0.2) is 24.5 Å². The Kier molecular flexibility index (Phi) is 7.32. The molecule has 0 unspecified atom stereocenters. The zero-order chi connectivity index (χ0) is 20.1. The summed E-state index contributed by atoms with van der Waals surface area (Å²) in [4.78, 5) is 33.9. The van der Waals surface area contributed by atoms with Crippen LogP contribution in [0.2, 0.25) is 0 Å². The van der Waals surface area contributed by atoms with Crippen LogP contribution in [-0.2, 0) is 33.3 Å². The molecule has 0 spiro atoms. The highest BCUT2D eigenvalue weighted by molar-refractivity contribution is 9.09. The van der Waals surface area contributed by atoms with Crippen LogP contribution in [0.4, 0.5) is 0 Å². The highest BCUT2D eigenvalue weighted by atomic mass is 79.9. The minimum Gasteiger partial charge on any atom is -0.463 e. The second-order valence-corrected chi connectivity index (χ2v) is 7.34. The fraction of sp³-hybridized carbons (Fsp3) is 0.556. The van der Waals surface area contributed by atoms with Gasteiger partial charge in [-0.05, 0) is 12.5 Å². The number of hydrogen-bond donors (Lipinski definition) is 0. The van der Waals surface area contributed by atoms with Crippen molar-refractivity contribution in [2.24, 2.45) is 0 Å². The first-order valence-corrected chi connectivity index (χ1v) is 9.35. The first kappa shape index (κ1) is 21.3. The van der Waals surface area contributed by atoms with E-state index in [2.05, 4.69) is 15.9 Å². The van der Waals surface area contributed by atoms with E-state index in [4.69, 9.17) is 18.9 Å². The third-order valence-corrected chi connectivity index (χ3v) is 4.93. The molecule has 0 amide bonds. The summed E-state index contributed by atoms with van der Waals surface area (Å²) in [6.07, 6.45) is 0.497. The van der Waals surface area contributed by atoms with Gasteiger partial charge < -0.3 is 18.9 Å². The quantitative estimate of drug-likeness (QED) is 0.293. The van der Waals surface area contributed by atoms with E-state index in [0.717, 1.165) is 5.56 Å². The van der Waals surface area contributed by atoms with Crippen LogP contribution in [0.3, 0.4) is 0 Å². The topological polar surface area (TPSA) is 92.0 Å². The number of hydrogen-bond acceptors (Lipinski definition) is 7. The van der Waals surface area contributed by atoms with Crippen molar-refractivity contribution in [1.82, 2.24) is 0 Å². The SMILES string of the molecule is CC(=O)OC[C@H]1O[C@H]([n+]2ccc(C)cc2)[C@H](Br)[C@@H](OC(C)=O)[C@@H]1OC(C)=O. The number of rotatable bonds is 5. The van der Waals surface area contributed by atoms with Crippen molar-refractivity contribution in [3.63, 3.8) is 0 Å². The fourth-order valence-corrected chi connectivity index (χ4v) is 3.60. The second kappa shape index (κ2) is 9.27. The van der Waals surface area contributed by atoms with Crippen LogP contribution in [-0.4, -0.2) is 47.7 Å². The van der Waals surface area contributed by atoms with E-state index in [1.54, 1.807) is 4.57 Å². The molecule has 9 heteroatoms. The lowest BCUT2D eigenvalue weighted by Gasteiger charge is -2.40. The Labute approximate surface area is 165 Å². The van der Waals surface area contributed by atoms with Gasteiger partial charge in [-0.15, -0.1) is 0 Å². The fourth-order valence-electron chi connectivity index (χ4n) is 2.80. The third kappa shape index (κ3) is 5.74. The van der Waals surface area contributed by atoms with E-state index in [1.165, 1.54) is 20.8 Å². The van der Waals surface area contributed by atoms with Gasteiger partial charge in [0.25, 0.3) is 6.23 Å². The molecule has 1 aromatic rings. The molecule has 1 aliphatic heterocycles. The minimum atomic E-state index is -0.933. The molecule has 2 heterocycles. The Morgan fingerprint density at radius 2 is 1.59 bits per heavy atom. The van der Waals surface area contributed by atoms with Gasteiger partial charge in [0.1, 0.15) is 17.5 Å². The number of carbonyl (C=O) groups is 3. The van der Waals surface area contributed by atoms with Crippen molar-refractivity contribution in [3.05, 3.63) is 30.1 Å². The number of nitrogens with zero attached hydrogens (tertiary/aromatic N) is 1. The van der Waals surface area contributed by atoms with Gasteiger partial charge in [-0.1, -0.05) is 15.9 Å². The van der Waals surface area contributed by atoms with Crippen molar-refractivity contribution in [1.29, 1.82) is 0 Å². The monoisotopic (exact) mass is 444 g/mol. The summed E-state index contributed by atoms with van der Waals surface area (Å²) in [5, 5.41) is 0. The van der Waals surface area contributed by atoms with Crippen LogP contribution in [0.1, 0.15) is 32.6 Å². The van der Waals surface area contributed by atoms with E-state index in [1.807, 2.05) is 31.5 Å². The molecule has 1 saturated heterocycles. The van der Waals surface area contributed by atoms with Crippen LogP contribution in [0.5, 0.6) is 0 Å². The average Bonchev–Trinajstić information content (AvgIpc) is 2.57. The van der Waals surface area contributed by atoms with E-state index in [0.29, 0.717) is 0 Å². The molecule has 8 nitrogen and oxygen atoms in total. The number of aromatic nitrogens is 1. The van der Waals surface area contributed by atoms with Gasteiger partial charge >= 0.3 is 17.9 Å².